The molecule has 2 N–H and O–H groups in total. The smallest absolute Gasteiger partial charge is 0.225 e. The Balaban J connectivity index is 1.56. The number of likely N-dealkylation sites (tertiary alicyclic amines) is 1. The van der Waals surface area contributed by atoms with Gasteiger partial charge in [0.1, 0.15) is 6.33 Å². The van der Waals surface area contributed by atoms with Crippen LogP contribution in [0.2, 0.25) is 0 Å². The molecule has 154 valence electrons. The summed E-state index contributed by atoms with van der Waals surface area (Å²) in [5, 5.41) is 0. The number of nitrogens with two attached hydrogens (primary N) is 1. The van der Waals surface area contributed by atoms with Crippen molar-refractivity contribution in [2.75, 3.05) is 19.6 Å². The van der Waals surface area contributed by atoms with Gasteiger partial charge in [-0.25, -0.2) is 9.97 Å². The molecule has 2 heterocycles. The Morgan fingerprint density at radius 3 is 2.62 bits per heavy atom. The highest BCUT2D eigenvalue weighted by Gasteiger charge is 2.41. The number of carbonyl (C=O) groups excluding carboxylic acids is 1. The first-order valence-electron chi connectivity index (χ1n) is 11.0. The average Bonchev–Trinajstić information content (AvgIpc) is 2.76. The Hall–Kier alpha value is -2.27. The molecule has 5 nitrogen and oxygen atoms in total. The molecule has 2 fully saturated rings. The van der Waals surface area contributed by atoms with E-state index < -0.39 is 5.41 Å². The van der Waals surface area contributed by atoms with Crippen molar-refractivity contribution in [3.8, 4) is 11.1 Å². The zero-order chi connectivity index (χ0) is 20.1. The van der Waals surface area contributed by atoms with Crippen LogP contribution in [0.15, 0.2) is 43.0 Å². The van der Waals surface area contributed by atoms with E-state index in [1.807, 2.05) is 24.5 Å². The SMILES string of the molecule is NC(=O)[C@]1(Cc2ccccc2-c2cncnc2)CCCN(CC2CCCCC2)C1. The first-order valence-corrected chi connectivity index (χ1v) is 11.0. The van der Waals surface area contributed by atoms with Crippen molar-refractivity contribution in [2.24, 2.45) is 17.1 Å². The highest BCUT2D eigenvalue weighted by Crippen LogP contribution is 2.37. The van der Waals surface area contributed by atoms with Gasteiger partial charge >= 0.3 is 0 Å². The van der Waals surface area contributed by atoms with Crippen molar-refractivity contribution in [1.29, 1.82) is 0 Å². The summed E-state index contributed by atoms with van der Waals surface area (Å²) in [5.74, 6) is 0.617. The van der Waals surface area contributed by atoms with E-state index in [2.05, 4.69) is 27.0 Å². The number of benzene rings is 1. The van der Waals surface area contributed by atoms with Crippen molar-refractivity contribution < 1.29 is 4.79 Å². The van der Waals surface area contributed by atoms with Crippen LogP contribution in [0.5, 0.6) is 0 Å². The highest BCUT2D eigenvalue weighted by molar-refractivity contribution is 5.82. The van der Waals surface area contributed by atoms with E-state index in [4.69, 9.17) is 5.73 Å². The van der Waals surface area contributed by atoms with Crippen molar-refractivity contribution in [1.82, 2.24) is 14.9 Å². The Morgan fingerprint density at radius 1 is 1.10 bits per heavy atom. The van der Waals surface area contributed by atoms with Crippen molar-refractivity contribution in [3.05, 3.63) is 48.5 Å². The first kappa shape index (κ1) is 20.0. The number of aromatic nitrogens is 2. The lowest BCUT2D eigenvalue weighted by Gasteiger charge is -2.42. The Morgan fingerprint density at radius 2 is 1.86 bits per heavy atom. The summed E-state index contributed by atoms with van der Waals surface area (Å²) in [6, 6.07) is 8.28. The third kappa shape index (κ3) is 4.67. The lowest BCUT2D eigenvalue weighted by Crippen LogP contribution is -2.52. The number of hydrogen-bond acceptors (Lipinski definition) is 4. The minimum atomic E-state index is -0.501. The lowest BCUT2D eigenvalue weighted by atomic mass is 9.73. The normalized spacial score (nSPS) is 23.7. The van der Waals surface area contributed by atoms with Gasteiger partial charge < -0.3 is 10.6 Å². The van der Waals surface area contributed by atoms with Crippen LogP contribution in [0, 0.1) is 11.3 Å². The van der Waals surface area contributed by atoms with E-state index in [0.29, 0.717) is 6.42 Å². The third-order valence-electron chi connectivity index (χ3n) is 6.84. The van der Waals surface area contributed by atoms with E-state index in [9.17, 15) is 4.79 Å². The second-order valence-corrected chi connectivity index (χ2v) is 8.95. The number of amides is 1. The number of rotatable bonds is 6. The number of primary amides is 1. The van der Waals surface area contributed by atoms with Gasteiger partial charge in [-0.05, 0) is 55.7 Å². The Bertz CT molecular complexity index is 819. The summed E-state index contributed by atoms with van der Waals surface area (Å²) in [7, 11) is 0. The van der Waals surface area contributed by atoms with Crippen LogP contribution in [0.25, 0.3) is 11.1 Å². The third-order valence-corrected chi connectivity index (χ3v) is 6.84. The maximum absolute atomic E-state index is 12.7. The van der Waals surface area contributed by atoms with Gasteiger partial charge in [-0.2, -0.15) is 0 Å². The summed E-state index contributed by atoms with van der Waals surface area (Å²) in [6.45, 7) is 2.97. The first-order chi connectivity index (χ1) is 14.2. The van der Waals surface area contributed by atoms with Gasteiger partial charge in [-0.3, -0.25) is 4.79 Å². The van der Waals surface area contributed by atoms with E-state index in [0.717, 1.165) is 55.1 Å². The van der Waals surface area contributed by atoms with E-state index in [1.165, 1.54) is 32.1 Å². The minimum absolute atomic E-state index is 0.162. The summed E-state index contributed by atoms with van der Waals surface area (Å²) in [4.78, 5) is 23.6. The van der Waals surface area contributed by atoms with E-state index in [1.54, 1.807) is 6.33 Å². The second kappa shape index (κ2) is 9.04. The van der Waals surface area contributed by atoms with Crippen LogP contribution < -0.4 is 5.73 Å². The largest absolute Gasteiger partial charge is 0.369 e. The van der Waals surface area contributed by atoms with Crippen LogP contribution >= 0.6 is 0 Å². The zero-order valence-corrected chi connectivity index (χ0v) is 17.2. The maximum Gasteiger partial charge on any atom is 0.225 e. The minimum Gasteiger partial charge on any atom is -0.369 e. The molecule has 4 rings (SSSR count). The van der Waals surface area contributed by atoms with Crippen LogP contribution in [-0.4, -0.2) is 40.4 Å². The molecule has 0 radical (unpaired) electrons. The fraction of sp³-hybridized carbons (Fsp3) is 0.542. The predicted molar refractivity (Wildman–Crippen MR) is 115 cm³/mol. The topological polar surface area (TPSA) is 72.1 Å². The molecule has 1 aliphatic carbocycles. The molecule has 1 saturated carbocycles. The van der Waals surface area contributed by atoms with Gasteiger partial charge in [0.05, 0.1) is 5.41 Å². The molecule has 1 amide bonds. The fourth-order valence-electron chi connectivity index (χ4n) is 5.31. The number of piperidine rings is 1. The molecule has 1 aromatic carbocycles. The molecule has 1 aromatic heterocycles. The molecular weight excluding hydrogens is 360 g/mol. The van der Waals surface area contributed by atoms with E-state index in [-0.39, 0.29) is 5.91 Å². The molecule has 2 aromatic rings. The van der Waals surface area contributed by atoms with Crippen LogP contribution in [-0.2, 0) is 11.2 Å². The number of hydrogen-bond donors (Lipinski definition) is 1. The summed E-state index contributed by atoms with van der Waals surface area (Å²) < 4.78 is 0. The van der Waals surface area contributed by atoms with E-state index >= 15 is 0 Å². The monoisotopic (exact) mass is 392 g/mol. The van der Waals surface area contributed by atoms with Gasteiger partial charge in [0.25, 0.3) is 0 Å². The molecule has 1 saturated heterocycles. The zero-order valence-electron chi connectivity index (χ0n) is 17.2. The van der Waals surface area contributed by atoms with Crippen molar-refractivity contribution in [2.45, 2.75) is 51.4 Å². The molecule has 0 spiro atoms. The van der Waals surface area contributed by atoms with Crippen LogP contribution in [0.4, 0.5) is 0 Å². The Labute approximate surface area is 173 Å². The molecule has 5 heteroatoms. The van der Waals surface area contributed by atoms with Gasteiger partial charge in [0.15, 0.2) is 0 Å². The van der Waals surface area contributed by atoms with Crippen LogP contribution in [0.3, 0.4) is 0 Å². The summed E-state index contributed by atoms with van der Waals surface area (Å²) in [5.41, 5.74) is 8.78. The molecular formula is C24H32N4O. The standard InChI is InChI=1S/C24H32N4O/c25-23(29)24(11-6-12-28(17-24)16-19-7-2-1-3-8-19)13-20-9-4-5-10-22(20)21-14-26-18-27-15-21/h4-5,9-10,14-15,18-19H,1-3,6-8,11-13,16-17H2,(H2,25,29)/t24-/m0/s1. The molecule has 1 atom stereocenters. The molecule has 29 heavy (non-hydrogen) atoms. The average molecular weight is 393 g/mol. The van der Waals surface area contributed by atoms with Gasteiger partial charge in [0, 0.05) is 31.0 Å². The van der Waals surface area contributed by atoms with Gasteiger partial charge in [0.2, 0.25) is 5.91 Å². The van der Waals surface area contributed by atoms with Crippen LogP contribution in [0.1, 0.15) is 50.5 Å². The predicted octanol–water partition coefficient (Wildman–Crippen LogP) is 3.83. The molecule has 2 aliphatic rings. The summed E-state index contributed by atoms with van der Waals surface area (Å²) in [6.07, 6.45) is 14.5. The molecule has 0 bridgehead atoms. The van der Waals surface area contributed by atoms with Crippen molar-refractivity contribution >= 4 is 5.91 Å². The molecule has 0 unspecified atom stereocenters. The summed E-state index contributed by atoms with van der Waals surface area (Å²) >= 11 is 0. The maximum atomic E-state index is 12.7. The number of carbonyl (C=O) groups is 1. The molecule has 1 aliphatic heterocycles. The van der Waals surface area contributed by atoms with Gasteiger partial charge in [-0.15, -0.1) is 0 Å². The van der Waals surface area contributed by atoms with Crippen molar-refractivity contribution in [3.63, 3.8) is 0 Å². The van der Waals surface area contributed by atoms with Gasteiger partial charge in [-0.1, -0.05) is 43.5 Å². The fourth-order valence-corrected chi connectivity index (χ4v) is 5.31. The highest BCUT2D eigenvalue weighted by atomic mass is 16.1. The number of nitrogens with zero attached hydrogens (tertiary/aromatic N) is 3. The second-order valence-electron chi connectivity index (χ2n) is 8.95. The Kier molecular flexibility index (Phi) is 6.24. The quantitative estimate of drug-likeness (QED) is 0.811. The lowest BCUT2D eigenvalue weighted by molar-refractivity contribution is -0.131.